The summed E-state index contributed by atoms with van der Waals surface area (Å²) in [5.74, 6) is -0.716. The zero-order valence-corrected chi connectivity index (χ0v) is 17.0. The first kappa shape index (κ1) is 21.3. The summed E-state index contributed by atoms with van der Waals surface area (Å²) in [6.07, 6.45) is 3.05. The summed E-state index contributed by atoms with van der Waals surface area (Å²) in [7, 11) is 0. The second-order valence-electron chi connectivity index (χ2n) is 8.39. The van der Waals surface area contributed by atoms with Crippen LogP contribution in [0.15, 0.2) is 12.7 Å². The Morgan fingerprint density at radius 2 is 1.96 bits per heavy atom. The van der Waals surface area contributed by atoms with E-state index in [4.69, 9.17) is 9.47 Å². The molecule has 0 aromatic carbocycles. The molecule has 7 nitrogen and oxygen atoms in total. The molecule has 2 fully saturated rings. The highest BCUT2D eigenvalue weighted by Gasteiger charge is 2.62. The van der Waals surface area contributed by atoms with Crippen LogP contribution in [0.1, 0.15) is 53.9 Å². The largest absolute Gasteiger partial charge is 0.464 e. The van der Waals surface area contributed by atoms with Crippen LogP contribution in [0.2, 0.25) is 0 Å². The monoisotopic (exact) mass is 380 g/mol. The van der Waals surface area contributed by atoms with E-state index in [1.807, 2.05) is 6.92 Å². The van der Waals surface area contributed by atoms with Gasteiger partial charge in [-0.1, -0.05) is 19.4 Å². The number of carbonyl (C=O) groups is 3. The molecule has 27 heavy (non-hydrogen) atoms. The second kappa shape index (κ2) is 7.90. The van der Waals surface area contributed by atoms with E-state index in [0.29, 0.717) is 19.4 Å². The molecule has 1 aliphatic heterocycles. The summed E-state index contributed by atoms with van der Waals surface area (Å²) in [4.78, 5) is 39.5. The summed E-state index contributed by atoms with van der Waals surface area (Å²) < 4.78 is 10.6. The standard InChI is InChI=1S/C20H32N2O5/c1-7-13-10-15(22(12-13)18(25)27-19(4,5)6)16(23)21-20(11-14(20)8-2)17(24)26-9-3/h8,13-15H,2,7,9-12H2,1,3-6H3,(H,21,23)/t13-,14?,15+,20?/m1/s1. The van der Waals surface area contributed by atoms with Gasteiger partial charge in [0.15, 0.2) is 0 Å². The van der Waals surface area contributed by atoms with Gasteiger partial charge < -0.3 is 14.8 Å². The number of nitrogens with one attached hydrogen (secondary N) is 1. The summed E-state index contributed by atoms with van der Waals surface area (Å²) in [6, 6.07) is -0.651. The molecular weight excluding hydrogens is 348 g/mol. The lowest BCUT2D eigenvalue weighted by Gasteiger charge is -2.29. The Hall–Kier alpha value is -2.05. The van der Waals surface area contributed by atoms with E-state index in [1.54, 1.807) is 33.8 Å². The van der Waals surface area contributed by atoms with Gasteiger partial charge in [-0.05, 0) is 46.5 Å². The van der Waals surface area contributed by atoms with Gasteiger partial charge in [-0.3, -0.25) is 9.69 Å². The molecule has 1 saturated heterocycles. The fraction of sp³-hybridized carbons (Fsp3) is 0.750. The highest BCUT2D eigenvalue weighted by molar-refractivity contribution is 5.94. The summed E-state index contributed by atoms with van der Waals surface area (Å²) in [6.45, 7) is 13.6. The summed E-state index contributed by atoms with van der Waals surface area (Å²) in [5.41, 5.74) is -1.70. The fourth-order valence-corrected chi connectivity index (χ4v) is 3.55. The molecule has 4 atom stereocenters. The average Bonchev–Trinajstić information content (AvgIpc) is 3.11. The molecule has 0 spiro atoms. The maximum absolute atomic E-state index is 13.0. The van der Waals surface area contributed by atoms with Crippen LogP contribution in [-0.2, 0) is 19.1 Å². The van der Waals surface area contributed by atoms with Crippen LogP contribution in [0.25, 0.3) is 0 Å². The van der Waals surface area contributed by atoms with Gasteiger partial charge in [0.2, 0.25) is 5.91 Å². The number of ether oxygens (including phenoxy) is 2. The fourth-order valence-electron chi connectivity index (χ4n) is 3.55. The van der Waals surface area contributed by atoms with Crippen molar-refractivity contribution in [3.63, 3.8) is 0 Å². The third-order valence-electron chi connectivity index (χ3n) is 5.18. The van der Waals surface area contributed by atoms with Crippen molar-refractivity contribution >= 4 is 18.0 Å². The number of hydrogen-bond donors (Lipinski definition) is 1. The molecule has 1 N–H and O–H groups in total. The van der Waals surface area contributed by atoms with Gasteiger partial charge in [0.1, 0.15) is 17.2 Å². The third-order valence-corrected chi connectivity index (χ3v) is 5.18. The van der Waals surface area contributed by atoms with Gasteiger partial charge in [-0.25, -0.2) is 9.59 Å². The first-order chi connectivity index (χ1) is 12.6. The molecule has 1 aliphatic carbocycles. The predicted octanol–water partition coefficient (Wildman–Crippen LogP) is 2.65. The van der Waals surface area contributed by atoms with Crippen LogP contribution < -0.4 is 5.32 Å². The SMILES string of the molecule is C=CC1CC1(NC(=O)[C@@H]1C[C@@H](CC)CN1C(=O)OC(C)(C)C)C(=O)OCC. The van der Waals surface area contributed by atoms with Crippen LogP contribution in [0.3, 0.4) is 0 Å². The molecule has 0 radical (unpaired) electrons. The molecule has 0 aromatic rings. The van der Waals surface area contributed by atoms with Crippen molar-refractivity contribution in [3.05, 3.63) is 12.7 Å². The molecule has 1 saturated carbocycles. The summed E-state index contributed by atoms with van der Waals surface area (Å²) in [5, 5.41) is 2.85. The Bertz CT molecular complexity index is 612. The van der Waals surface area contributed by atoms with Crippen LogP contribution in [0.4, 0.5) is 4.79 Å². The van der Waals surface area contributed by atoms with Crippen molar-refractivity contribution in [3.8, 4) is 0 Å². The highest BCUT2D eigenvalue weighted by Crippen LogP contribution is 2.45. The molecule has 7 heteroatoms. The third kappa shape index (κ3) is 4.62. The lowest BCUT2D eigenvalue weighted by molar-refractivity contribution is -0.149. The number of esters is 1. The number of rotatable bonds is 6. The first-order valence-electron chi connectivity index (χ1n) is 9.69. The molecular formula is C20H32N2O5. The summed E-state index contributed by atoms with van der Waals surface area (Å²) >= 11 is 0. The Kier molecular flexibility index (Phi) is 6.22. The van der Waals surface area contributed by atoms with E-state index in [1.165, 1.54) is 4.90 Å². The number of amides is 2. The van der Waals surface area contributed by atoms with Gasteiger partial charge in [-0.15, -0.1) is 6.58 Å². The predicted molar refractivity (Wildman–Crippen MR) is 101 cm³/mol. The van der Waals surface area contributed by atoms with Gasteiger partial charge in [-0.2, -0.15) is 0 Å². The van der Waals surface area contributed by atoms with E-state index >= 15 is 0 Å². The number of likely N-dealkylation sites (tertiary alicyclic amines) is 1. The lowest BCUT2D eigenvalue weighted by atomic mass is 10.0. The second-order valence-corrected chi connectivity index (χ2v) is 8.39. The Balaban J connectivity index is 2.15. The zero-order chi connectivity index (χ0) is 20.4. The minimum Gasteiger partial charge on any atom is -0.464 e. The number of nitrogens with zero attached hydrogens (tertiary/aromatic N) is 1. The van der Waals surface area contributed by atoms with Gasteiger partial charge in [0, 0.05) is 12.5 Å². The molecule has 1 heterocycles. The van der Waals surface area contributed by atoms with E-state index in [0.717, 1.165) is 6.42 Å². The number of hydrogen-bond acceptors (Lipinski definition) is 5. The van der Waals surface area contributed by atoms with E-state index in [2.05, 4.69) is 11.9 Å². The first-order valence-corrected chi connectivity index (χ1v) is 9.69. The maximum Gasteiger partial charge on any atom is 0.410 e. The molecule has 2 unspecified atom stereocenters. The zero-order valence-electron chi connectivity index (χ0n) is 17.0. The van der Waals surface area contributed by atoms with Crippen LogP contribution in [0.5, 0.6) is 0 Å². The normalized spacial score (nSPS) is 29.8. The Morgan fingerprint density at radius 1 is 1.30 bits per heavy atom. The quantitative estimate of drug-likeness (QED) is 0.566. The van der Waals surface area contributed by atoms with Crippen molar-refractivity contribution in [2.75, 3.05) is 13.2 Å². The minimum atomic E-state index is -1.06. The molecule has 2 rings (SSSR count). The topological polar surface area (TPSA) is 84.9 Å². The lowest BCUT2D eigenvalue weighted by Crippen LogP contribution is -2.53. The van der Waals surface area contributed by atoms with Crippen LogP contribution >= 0.6 is 0 Å². The van der Waals surface area contributed by atoms with Crippen molar-refractivity contribution in [2.24, 2.45) is 11.8 Å². The molecule has 2 aliphatic rings. The van der Waals surface area contributed by atoms with E-state index in [9.17, 15) is 14.4 Å². The van der Waals surface area contributed by atoms with Gasteiger partial charge in [0.25, 0.3) is 0 Å². The molecule has 152 valence electrons. The molecule has 0 aromatic heterocycles. The highest BCUT2D eigenvalue weighted by atomic mass is 16.6. The van der Waals surface area contributed by atoms with Gasteiger partial charge >= 0.3 is 12.1 Å². The van der Waals surface area contributed by atoms with Crippen LogP contribution in [-0.4, -0.2) is 53.2 Å². The van der Waals surface area contributed by atoms with Crippen LogP contribution in [0, 0.1) is 11.8 Å². The smallest absolute Gasteiger partial charge is 0.410 e. The van der Waals surface area contributed by atoms with E-state index < -0.39 is 29.2 Å². The van der Waals surface area contributed by atoms with Gasteiger partial charge in [0.05, 0.1) is 6.61 Å². The van der Waals surface area contributed by atoms with Crippen molar-refractivity contribution in [1.29, 1.82) is 0 Å². The van der Waals surface area contributed by atoms with Crippen molar-refractivity contribution in [1.82, 2.24) is 10.2 Å². The molecule has 0 bridgehead atoms. The van der Waals surface area contributed by atoms with E-state index in [-0.39, 0.29) is 24.3 Å². The maximum atomic E-state index is 13.0. The Labute approximate surface area is 161 Å². The Morgan fingerprint density at radius 3 is 2.44 bits per heavy atom. The minimum absolute atomic E-state index is 0.154. The van der Waals surface area contributed by atoms with Crippen molar-refractivity contribution in [2.45, 2.75) is 71.1 Å². The van der Waals surface area contributed by atoms with Crippen molar-refractivity contribution < 1.29 is 23.9 Å². The molecule has 2 amide bonds. The average molecular weight is 380 g/mol. The number of carbonyl (C=O) groups excluding carboxylic acids is 3.